The molecule has 0 aliphatic heterocycles. The number of ether oxygens (including phenoxy) is 1. The van der Waals surface area contributed by atoms with E-state index in [2.05, 4.69) is 5.10 Å². The average Bonchev–Trinajstić information content (AvgIpc) is 2.55. The molecule has 2 rings (SSSR count). The number of aromatic nitrogens is 2. The third kappa shape index (κ3) is 2.03. The summed E-state index contributed by atoms with van der Waals surface area (Å²) in [5.41, 5.74) is 0.886. The van der Waals surface area contributed by atoms with Crippen molar-refractivity contribution < 1.29 is 14.6 Å². The smallest absolute Gasteiger partial charge is 0.303 e. The van der Waals surface area contributed by atoms with Crippen LogP contribution in [-0.4, -0.2) is 28.0 Å². The van der Waals surface area contributed by atoms with Gasteiger partial charge in [-0.25, -0.2) is 4.68 Å². The number of carboxylic acids is 1. The molecule has 1 aliphatic rings. The lowest BCUT2D eigenvalue weighted by molar-refractivity contribution is -0.136. The van der Waals surface area contributed by atoms with Crippen molar-refractivity contribution in [2.45, 2.75) is 38.1 Å². The van der Waals surface area contributed by atoms with Crippen molar-refractivity contribution in [1.82, 2.24) is 9.78 Å². The zero-order valence-electron chi connectivity index (χ0n) is 9.35. The maximum Gasteiger partial charge on any atom is 0.303 e. The van der Waals surface area contributed by atoms with Gasteiger partial charge in [0.25, 0.3) is 0 Å². The first-order valence-electron chi connectivity index (χ1n) is 5.54. The van der Waals surface area contributed by atoms with Crippen LogP contribution in [0.2, 0.25) is 0 Å². The predicted octanol–water partition coefficient (Wildman–Crippen LogP) is 1.63. The first kappa shape index (κ1) is 11.0. The number of hydrogen-bond acceptors (Lipinski definition) is 3. The zero-order chi connectivity index (χ0) is 11.5. The van der Waals surface area contributed by atoms with E-state index in [0.717, 1.165) is 24.3 Å². The fraction of sp³-hybridized carbons (Fsp3) is 0.636. The van der Waals surface area contributed by atoms with Gasteiger partial charge in [-0.2, -0.15) is 5.10 Å². The summed E-state index contributed by atoms with van der Waals surface area (Å²) in [6.07, 6.45) is 5.82. The van der Waals surface area contributed by atoms with Crippen LogP contribution >= 0.6 is 0 Å². The highest BCUT2D eigenvalue weighted by atomic mass is 16.5. The molecule has 16 heavy (non-hydrogen) atoms. The Morgan fingerprint density at radius 2 is 2.44 bits per heavy atom. The van der Waals surface area contributed by atoms with Gasteiger partial charge in [-0.1, -0.05) is 0 Å². The Kier molecular flexibility index (Phi) is 3.12. The Morgan fingerprint density at radius 1 is 1.69 bits per heavy atom. The van der Waals surface area contributed by atoms with Gasteiger partial charge in [-0.05, 0) is 25.7 Å². The molecule has 88 valence electrons. The number of aryl methyl sites for hydroxylation is 1. The number of aliphatic carboxylic acids is 1. The number of hydrogen-bond donors (Lipinski definition) is 1. The molecule has 1 fully saturated rings. The lowest BCUT2D eigenvalue weighted by atomic mass is 9.93. The van der Waals surface area contributed by atoms with Crippen LogP contribution in [0.15, 0.2) is 6.20 Å². The van der Waals surface area contributed by atoms with Gasteiger partial charge < -0.3 is 9.84 Å². The minimum absolute atomic E-state index is 0.118. The molecule has 0 unspecified atom stereocenters. The maximum atomic E-state index is 10.5. The monoisotopic (exact) mass is 224 g/mol. The van der Waals surface area contributed by atoms with E-state index in [1.165, 1.54) is 6.42 Å². The molecule has 5 heteroatoms. The summed E-state index contributed by atoms with van der Waals surface area (Å²) in [5.74, 6) is -0.0654. The molecule has 0 saturated heterocycles. The van der Waals surface area contributed by atoms with Gasteiger partial charge >= 0.3 is 5.97 Å². The van der Waals surface area contributed by atoms with Gasteiger partial charge in [0.1, 0.15) is 0 Å². The van der Waals surface area contributed by atoms with E-state index in [4.69, 9.17) is 9.84 Å². The Morgan fingerprint density at radius 3 is 2.94 bits per heavy atom. The van der Waals surface area contributed by atoms with Gasteiger partial charge in [0.05, 0.1) is 19.3 Å². The van der Waals surface area contributed by atoms with Gasteiger partial charge in [0, 0.05) is 12.0 Å². The van der Waals surface area contributed by atoms with Gasteiger partial charge in [-0.15, -0.1) is 0 Å². The first-order valence-corrected chi connectivity index (χ1v) is 5.54. The second-order valence-corrected chi connectivity index (χ2v) is 4.10. The van der Waals surface area contributed by atoms with Gasteiger partial charge in [0.2, 0.25) is 5.88 Å². The van der Waals surface area contributed by atoms with Crippen LogP contribution in [0.5, 0.6) is 5.88 Å². The summed E-state index contributed by atoms with van der Waals surface area (Å²) < 4.78 is 7.20. The van der Waals surface area contributed by atoms with E-state index in [-0.39, 0.29) is 6.42 Å². The molecule has 0 spiro atoms. The van der Waals surface area contributed by atoms with E-state index in [1.807, 2.05) is 4.68 Å². The van der Waals surface area contributed by atoms with Gasteiger partial charge in [0.15, 0.2) is 0 Å². The lowest BCUT2D eigenvalue weighted by Gasteiger charge is -2.26. The molecule has 0 radical (unpaired) electrons. The summed E-state index contributed by atoms with van der Waals surface area (Å²) in [6, 6.07) is 0.438. The van der Waals surface area contributed by atoms with Crippen LogP contribution in [-0.2, 0) is 11.2 Å². The molecule has 1 heterocycles. The number of carboxylic acid groups (broad SMARTS) is 1. The highest BCUT2D eigenvalue weighted by Crippen LogP contribution is 2.35. The molecule has 1 aromatic rings. The topological polar surface area (TPSA) is 64.3 Å². The number of nitrogens with zero attached hydrogens (tertiary/aromatic N) is 2. The summed E-state index contributed by atoms with van der Waals surface area (Å²) in [5, 5.41) is 12.9. The van der Waals surface area contributed by atoms with Crippen molar-refractivity contribution in [1.29, 1.82) is 0 Å². The van der Waals surface area contributed by atoms with Crippen molar-refractivity contribution in [3.8, 4) is 5.88 Å². The third-order valence-corrected chi connectivity index (χ3v) is 3.04. The Balaban J connectivity index is 2.12. The SMILES string of the molecule is COc1c(CCC(=O)O)cnn1C1CCC1. The fourth-order valence-corrected chi connectivity index (χ4v) is 1.92. The molecule has 0 amide bonds. The number of carbonyl (C=O) groups is 1. The van der Waals surface area contributed by atoms with Crippen molar-refractivity contribution in [2.24, 2.45) is 0 Å². The Bertz CT molecular complexity index is 383. The maximum absolute atomic E-state index is 10.5. The van der Waals surface area contributed by atoms with Crippen molar-refractivity contribution >= 4 is 5.97 Å². The number of methoxy groups -OCH3 is 1. The third-order valence-electron chi connectivity index (χ3n) is 3.04. The van der Waals surface area contributed by atoms with Crippen molar-refractivity contribution in [2.75, 3.05) is 7.11 Å². The van der Waals surface area contributed by atoms with E-state index in [9.17, 15) is 4.79 Å². The van der Waals surface area contributed by atoms with E-state index in [0.29, 0.717) is 12.5 Å². The van der Waals surface area contributed by atoms with Gasteiger partial charge in [-0.3, -0.25) is 4.79 Å². The molecule has 1 N–H and O–H groups in total. The Labute approximate surface area is 94.0 Å². The van der Waals surface area contributed by atoms with Crippen LogP contribution in [0.25, 0.3) is 0 Å². The van der Waals surface area contributed by atoms with E-state index >= 15 is 0 Å². The van der Waals surface area contributed by atoms with E-state index < -0.39 is 5.97 Å². The standard InChI is InChI=1S/C11H16N2O3/c1-16-11-8(5-6-10(14)15)7-12-13(11)9-3-2-4-9/h7,9H,2-6H2,1H3,(H,14,15). The second kappa shape index (κ2) is 4.55. The molecule has 0 atom stereocenters. The summed E-state index contributed by atoms with van der Waals surface area (Å²) in [4.78, 5) is 10.5. The van der Waals surface area contributed by atoms with Crippen molar-refractivity contribution in [3.05, 3.63) is 11.8 Å². The highest BCUT2D eigenvalue weighted by molar-refractivity contribution is 5.67. The molecule has 1 saturated carbocycles. The average molecular weight is 224 g/mol. The molecule has 1 aromatic heterocycles. The first-order chi connectivity index (χ1) is 7.72. The van der Waals surface area contributed by atoms with E-state index in [1.54, 1.807) is 13.3 Å². The van der Waals surface area contributed by atoms with Crippen LogP contribution in [0, 0.1) is 0 Å². The quantitative estimate of drug-likeness (QED) is 0.825. The summed E-state index contributed by atoms with van der Waals surface area (Å²) in [6.45, 7) is 0. The molecule has 0 bridgehead atoms. The second-order valence-electron chi connectivity index (χ2n) is 4.10. The Hall–Kier alpha value is -1.52. The molecular weight excluding hydrogens is 208 g/mol. The van der Waals surface area contributed by atoms with Crippen LogP contribution in [0.1, 0.15) is 37.3 Å². The van der Waals surface area contributed by atoms with Crippen LogP contribution in [0.4, 0.5) is 0 Å². The number of rotatable bonds is 5. The van der Waals surface area contributed by atoms with Crippen LogP contribution in [0.3, 0.4) is 0 Å². The predicted molar refractivity (Wildman–Crippen MR) is 57.6 cm³/mol. The minimum Gasteiger partial charge on any atom is -0.481 e. The zero-order valence-corrected chi connectivity index (χ0v) is 9.35. The van der Waals surface area contributed by atoms with Crippen LogP contribution < -0.4 is 4.74 Å². The minimum atomic E-state index is -0.793. The molecule has 0 aromatic carbocycles. The highest BCUT2D eigenvalue weighted by Gasteiger charge is 2.24. The molecule has 5 nitrogen and oxygen atoms in total. The lowest BCUT2D eigenvalue weighted by Crippen LogP contribution is -2.19. The fourth-order valence-electron chi connectivity index (χ4n) is 1.92. The molecular formula is C11H16N2O3. The normalized spacial score (nSPS) is 15.8. The largest absolute Gasteiger partial charge is 0.481 e. The van der Waals surface area contributed by atoms with Crippen molar-refractivity contribution in [3.63, 3.8) is 0 Å². The summed E-state index contributed by atoms with van der Waals surface area (Å²) >= 11 is 0. The summed E-state index contributed by atoms with van der Waals surface area (Å²) in [7, 11) is 1.61. The molecule has 1 aliphatic carbocycles.